The summed E-state index contributed by atoms with van der Waals surface area (Å²) >= 11 is 0. The van der Waals surface area contributed by atoms with Gasteiger partial charge in [-0.05, 0) is 61.7 Å². The number of allylic oxidation sites excluding steroid dienone is 2. The van der Waals surface area contributed by atoms with Crippen molar-refractivity contribution >= 4 is 0 Å². The number of rotatable bonds is 4. The zero-order valence-corrected chi connectivity index (χ0v) is 15.0. The predicted molar refractivity (Wildman–Crippen MR) is 92.6 cm³/mol. The molecule has 1 fully saturated rings. The molecule has 0 spiro atoms. The molecule has 0 aromatic heterocycles. The summed E-state index contributed by atoms with van der Waals surface area (Å²) < 4.78 is 0. The predicted octanol–water partition coefficient (Wildman–Crippen LogP) is 4.47. The molecule has 126 valence electrons. The maximum atomic E-state index is 10.3. The van der Waals surface area contributed by atoms with Gasteiger partial charge in [0.25, 0.3) is 0 Å². The van der Waals surface area contributed by atoms with Crippen molar-refractivity contribution in [2.24, 2.45) is 22.7 Å². The molecule has 0 amide bonds. The summed E-state index contributed by atoms with van der Waals surface area (Å²) in [5, 5.41) is 19.4. The fraction of sp³-hybridized carbons (Fsp3) is 0.800. The SMILES string of the molecule is CC(=CCO)CCC1(C)C2=CC(O)CC(C)(C)C2CCC1C. The Bertz CT molecular complexity index is 460. The third kappa shape index (κ3) is 3.33. The van der Waals surface area contributed by atoms with Gasteiger partial charge in [0.1, 0.15) is 0 Å². The lowest BCUT2D eigenvalue weighted by atomic mass is 9.51. The second-order valence-electron chi connectivity index (χ2n) is 8.56. The van der Waals surface area contributed by atoms with E-state index in [2.05, 4.69) is 40.7 Å². The van der Waals surface area contributed by atoms with Gasteiger partial charge in [-0.15, -0.1) is 0 Å². The molecule has 0 aromatic carbocycles. The number of hydrogen-bond donors (Lipinski definition) is 2. The normalized spacial score (nSPS) is 38.4. The molecule has 4 unspecified atom stereocenters. The van der Waals surface area contributed by atoms with Crippen LogP contribution in [-0.4, -0.2) is 22.9 Å². The average molecular weight is 306 g/mol. The first-order chi connectivity index (χ1) is 10.2. The van der Waals surface area contributed by atoms with Crippen molar-refractivity contribution in [1.29, 1.82) is 0 Å². The Hall–Kier alpha value is -0.600. The molecule has 2 aliphatic carbocycles. The first kappa shape index (κ1) is 17.7. The molecule has 2 nitrogen and oxygen atoms in total. The highest BCUT2D eigenvalue weighted by atomic mass is 16.3. The van der Waals surface area contributed by atoms with Gasteiger partial charge in [-0.2, -0.15) is 0 Å². The van der Waals surface area contributed by atoms with Gasteiger partial charge in [-0.3, -0.25) is 0 Å². The van der Waals surface area contributed by atoms with E-state index in [9.17, 15) is 5.11 Å². The van der Waals surface area contributed by atoms with Crippen molar-refractivity contribution in [3.8, 4) is 0 Å². The van der Waals surface area contributed by atoms with Crippen LogP contribution in [0.5, 0.6) is 0 Å². The Morgan fingerprint density at radius 1 is 1.32 bits per heavy atom. The first-order valence-corrected chi connectivity index (χ1v) is 8.87. The lowest BCUT2D eigenvalue weighted by Gasteiger charge is -2.54. The molecule has 22 heavy (non-hydrogen) atoms. The van der Waals surface area contributed by atoms with E-state index in [1.165, 1.54) is 24.0 Å². The van der Waals surface area contributed by atoms with E-state index in [0.717, 1.165) is 19.3 Å². The third-order valence-corrected chi connectivity index (χ3v) is 6.54. The largest absolute Gasteiger partial charge is 0.392 e. The summed E-state index contributed by atoms with van der Waals surface area (Å²) in [6.07, 6.45) is 9.37. The zero-order valence-electron chi connectivity index (χ0n) is 15.0. The van der Waals surface area contributed by atoms with Crippen LogP contribution in [0.25, 0.3) is 0 Å². The highest BCUT2D eigenvalue weighted by molar-refractivity contribution is 5.28. The van der Waals surface area contributed by atoms with Crippen LogP contribution in [0.15, 0.2) is 23.3 Å². The molecule has 2 rings (SSSR count). The summed E-state index contributed by atoms with van der Waals surface area (Å²) in [6, 6.07) is 0. The molecular formula is C20H34O2. The Labute approximate surface area is 136 Å². The smallest absolute Gasteiger partial charge is 0.0729 e. The van der Waals surface area contributed by atoms with Crippen molar-refractivity contribution in [1.82, 2.24) is 0 Å². The van der Waals surface area contributed by atoms with Crippen LogP contribution in [-0.2, 0) is 0 Å². The maximum Gasteiger partial charge on any atom is 0.0729 e. The zero-order chi connectivity index (χ0) is 16.5. The van der Waals surface area contributed by atoms with Gasteiger partial charge in [0.15, 0.2) is 0 Å². The molecule has 0 bridgehead atoms. The molecule has 0 aliphatic heterocycles. The Morgan fingerprint density at radius 3 is 2.64 bits per heavy atom. The highest BCUT2D eigenvalue weighted by Crippen LogP contribution is 2.58. The molecule has 0 saturated heterocycles. The Kier molecular flexibility index (Phi) is 5.23. The topological polar surface area (TPSA) is 40.5 Å². The standard InChI is InChI=1S/C20H34O2/c1-14(9-11-21)8-10-20(5)15(2)6-7-17-18(20)12-16(22)13-19(17,3)4/h9,12,15-17,21-22H,6-8,10-11,13H2,1-5H3. The maximum absolute atomic E-state index is 10.3. The molecule has 2 aliphatic rings. The molecule has 2 N–H and O–H groups in total. The highest BCUT2D eigenvalue weighted by Gasteiger charge is 2.49. The van der Waals surface area contributed by atoms with Crippen molar-refractivity contribution in [3.63, 3.8) is 0 Å². The van der Waals surface area contributed by atoms with Gasteiger partial charge < -0.3 is 10.2 Å². The van der Waals surface area contributed by atoms with E-state index in [4.69, 9.17) is 5.11 Å². The van der Waals surface area contributed by atoms with E-state index in [0.29, 0.717) is 11.8 Å². The third-order valence-electron chi connectivity index (χ3n) is 6.54. The van der Waals surface area contributed by atoms with Crippen molar-refractivity contribution in [2.45, 2.75) is 72.8 Å². The van der Waals surface area contributed by atoms with Crippen LogP contribution in [0.4, 0.5) is 0 Å². The fourth-order valence-electron chi connectivity index (χ4n) is 4.74. The summed E-state index contributed by atoms with van der Waals surface area (Å²) in [4.78, 5) is 0. The number of aliphatic hydroxyl groups excluding tert-OH is 2. The fourth-order valence-corrected chi connectivity index (χ4v) is 4.74. The first-order valence-electron chi connectivity index (χ1n) is 8.87. The van der Waals surface area contributed by atoms with Crippen molar-refractivity contribution < 1.29 is 10.2 Å². The summed E-state index contributed by atoms with van der Waals surface area (Å²) in [6.45, 7) is 11.7. The van der Waals surface area contributed by atoms with Gasteiger partial charge in [0.05, 0.1) is 12.7 Å². The molecule has 0 radical (unpaired) electrons. The molecule has 0 aromatic rings. The number of fused-ring (bicyclic) bond motifs is 1. The molecule has 2 heteroatoms. The van der Waals surface area contributed by atoms with Crippen molar-refractivity contribution in [2.75, 3.05) is 6.61 Å². The number of aliphatic hydroxyl groups is 2. The minimum atomic E-state index is -0.292. The van der Waals surface area contributed by atoms with E-state index < -0.39 is 0 Å². The van der Waals surface area contributed by atoms with Crippen LogP contribution in [0.2, 0.25) is 0 Å². The van der Waals surface area contributed by atoms with Crippen LogP contribution in [0.1, 0.15) is 66.7 Å². The second-order valence-corrected chi connectivity index (χ2v) is 8.56. The minimum absolute atomic E-state index is 0.134. The summed E-state index contributed by atoms with van der Waals surface area (Å²) in [5.74, 6) is 1.26. The van der Waals surface area contributed by atoms with Gasteiger partial charge in [0.2, 0.25) is 0 Å². The van der Waals surface area contributed by atoms with Gasteiger partial charge in [0, 0.05) is 0 Å². The van der Waals surface area contributed by atoms with Crippen LogP contribution < -0.4 is 0 Å². The van der Waals surface area contributed by atoms with Crippen molar-refractivity contribution in [3.05, 3.63) is 23.3 Å². The van der Waals surface area contributed by atoms with Crippen LogP contribution >= 0.6 is 0 Å². The van der Waals surface area contributed by atoms with Gasteiger partial charge in [-0.25, -0.2) is 0 Å². The Morgan fingerprint density at radius 2 is 2.00 bits per heavy atom. The quantitative estimate of drug-likeness (QED) is 0.752. The molecular weight excluding hydrogens is 272 g/mol. The Balaban J connectivity index is 2.29. The van der Waals surface area contributed by atoms with Crippen LogP contribution in [0, 0.1) is 22.7 Å². The van der Waals surface area contributed by atoms with E-state index in [1.807, 2.05) is 6.08 Å². The van der Waals surface area contributed by atoms with E-state index >= 15 is 0 Å². The monoisotopic (exact) mass is 306 g/mol. The minimum Gasteiger partial charge on any atom is -0.392 e. The van der Waals surface area contributed by atoms with Gasteiger partial charge in [-0.1, -0.05) is 51.0 Å². The second kappa shape index (κ2) is 6.49. The summed E-state index contributed by atoms with van der Waals surface area (Å²) in [5.41, 5.74) is 3.15. The van der Waals surface area contributed by atoms with Crippen LogP contribution in [0.3, 0.4) is 0 Å². The van der Waals surface area contributed by atoms with E-state index in [1.54, 1.807) is 0 Å². The summed E-state index contributed by atoms with van der Waals surface area (Å²) in [7, 11) is 0. The molecule has 0 heterocycles. The molecule has 4 atom stereocenters. The van der Waals surface area contributed by atoms with Gasteiger partial charge >= 0.3 is 0 Å². The lowest BCUT2D eigenvalue weighted by Crippen LogP contribution is -2.45. The van der Waals surface area contributed by atoms with E-state index in [-0.39, 0.29) is 23.5 Å². The lowest BCUT2D eigenvalue weighted by molar-refractivity contribution is 0.0410. The average Bonchev–Trinajstić information content (AvgIpc) is 2.41. The number of hydrogen-bond acceptors (Lipinski definition) is 2. The molecule has 1 saturated carbocycles.